The third kappa shape index (κ3) is 1.77. The molecule has 1 saturated heterocycles. The maximum atomic E-state index is 3.66. The predicted octanol–water partition coefficient (Wildman–Crippen LogP) is 1.89. The van der Waals surface area contributed by atoms with Crippen LogP contribution >= 0.6 is 0 Å². The molecule has 1 unspecified atom stereocenters. The average molecular weight is 205 g/mol. The Morgan fingerprint density at radius 3 is 2.50 bits per heavy atom. The summed E-state index contributed by atoms with van der Waals surface area (Å²) in [5, 5.41) is 5.24. The van der Waals surface area contributed by atoms with Crippen LogP contribution in [-0.4, -0.2) is 20.3 Å². The zero-order valence-electron chi connectivity index (χ0n) is 9.09. The van der Waals surface area contributed by atoms with Crippen LogP contribution in [0.15, 0.2) is 30.3 Å². The first kappa shape index (κ1) is 9.93. The molecule has 1 heterocycles. The molecule has 1 nitrogen and oxygen atoms in total. The van der Waals surface area contributed by atoms with E-state index in [4.69, 9.17) is 0 Å². The predicted molar refractivity (Wildman–Crippen MR) is 64.6 cm³/mol. The Morgan fingerprint density at radius 2 is 1.93 bits per heavy atom. The van der Waals surface area contributed by atoms with Crippen LogP contribution < -0.4 is 10.5 Å². The Balaban J connectivity index is 2.22. The second-order valence-electron chi connectivity index (χ2n) is 4.74. The van der Waals surface area contributed by atoms with E-state index in [2.05, 4.69) is 48.7 Å². The molecule has 1 atom stereocenters. The molecule has 0 aliphatic carbocycles. The first-order valence-corrected chi connectivity index (χ1v) is 8.58. The number of rotatable bonds is 2. The quantitative estimate of drug-likeness (QED) is 0.727. The van der Waals surface area contributed by atoms with Gasteiger partial charge in [0.1, 0.15) is 0 Å². The highest BCUT2D eigenvalue weighted by atomic mass is 28.3. The molecule has 1 fully saturated rings. The Hall–Kier alpha value is -0.603. The van der Waals surface area contributed by atoms with Gasteiger partial charge in [-0.25, -0.2) is 0 Å². The van der Waals surface area contributed by atoms with Crippen molar-refractivity contribution in [3.05, 3.63) is 30.3 Å². The molecule has 0 aromatic heterocycles. The zero-order chi connectivity index (χ0) is 10.0. The molecule has 0 amide bonds. The fraction of sp³-hybridized carbons (Fsp3) is 0.500. The van der Waals surface area contributed by atoms with Crippen LogP contribution in [0.4, 0.5) is 0 Å². The molecule has 2 rings (SSSR count). The molecular weight excluding hydrogens is 186 g/mol. The van der Waals surface area contributed by atoms with Crippen LogP contribution in [0.25, 0.3) is 0 Å². The van der Waals surface area contributed by atoms with Gasteiger partial charge in [0.15, 0.2) is 0 Å². The summed E-state index contributed by atoms with van der Waals surface area (Å²) in [6, 6.07) is 11.0. The van der Waals surface area contributed by atoms with Crippen LogP contribution in [0.2, 0.25) is 13.1 Å². The van der Waals surface area contributed by atoms with Gasteiger partial charge in [-0.3, -0.25) is 0 Å². The van der Waals surface area contributed by atoms with E-state index in [1.165, 1.54) is 19.4 Å². The summed E-state index contributed by atoms with van der Waals surface area (Å²) >= 11 is 0. The Morgan fingerprint density at radius 1 is 1.21 bits per heavy atom. The molecule has 0 bridgehead atoms. The summed E-state index contributed by atoms with van der Waals surface area (Å²) in [6.45, 7) is 6.17. The van der Waals surface area contributed by atoms with E-state index in [1.807, 2.05) is 0 Å². The molecule has 76 valence electrons. The minimum Gasteiger partial charge on any atom is -0.316 e. The van der Waals surface area contributed by atoms with Crippen LogP contribution in [-0.2, 0) is 0 Å². The van der Waals surface area contributed by atoms with Crippen molar-refractivity contribution in [1.82, 2.24) is 5.32 Å². The van der Waals surface area contributed by atoms with Gasteiger partial charge in [0, 0.05) is 5.67 Å². The zero-order valence-corrected chi connectivity index (χ0v) is 10.1. The van der Waals surface area contributed by atoms with Crippen LogP contribution in [0.1, 0.15) is 12.8 Å². The Bertz CT molecular complexity index is 288. The van der Waals surface area contributed by atoms with E-state index >= 15 is 0 Å². The van der Waals surface area contributed by atoms with Crippen molar-refractivity contribution in [2.45, 2.75) is 31.6 Å². The van der Waals surface area contributed by atoms with Gasteiger partial charge >= 0.3 is 0 Å². The normalized spacial score (nSPS) is 22.6. The number of nitrogens with one attached hydrogen (secondary N) is 1. The van der Waals surface area contributed by atoms with Gasteiger partial charge < -0.3 is 5.32 Å². The molecule has 1 aromatic carbocycles. The molecule has 0 radical (unpaired) electrons. The standard InChI is InChI=1S/C12H19NSi/c1-14(2,12-9-6-10-13-12)11-7-4-3-5-8-11/h3-5,7-8,12-13H,6,9-10H2,1-2H3. The summed E-state index contributed by atoms with van der Waals surface area (Å²) in [7, 11) is -1.26. The maximum absolute atomic E-state index is 3.66. The van der Waals surface area contributed by atoms with Crippen LogP contribution in [0, 0.1) is 0 Å². The highest BCUT2D eigenvalue weighted by molar-refractivity contribution is 6.91. The minimum atomic E-state index is -1.26. The lowest BCUT2D eigenvalue weighted by Crippen LogP contribution is -2.56. The fourth-order valence-electron chi connectivity index (χ4n) is 2.37. The molecule has 0 spiro atoms. The van der Waals surface area contributed by atoms with Crippen LogP contribution in [0.5, 0.6) is 0 Å². The molecule has 0 saturated carbocycles. The minimum absolute atomic E-state index is 0.782. The second-order valence-corrected chi connectivity index (χ2v) is 9.45. The van der Waals surface area contributed by atoms with Gasteiger partial charge in [-0.2, -0.15) is 0 Å². The van der Waals surface area contributed by atoms with Gasteiger partial charge in [-0.1, -0.05) is 48.6 Å². The average Bonchev–Trinajstić information content (AvgIpc) is 2.72. The summed E-state index contributed by atoms with van der Waals surface area (Å²) < 4.78 is 0. The summed E-state index contributed by atoms with van der Waals surface area (Å²) in [6.07, 6.45) is 2.72. The lowest BCUT2D eigenvalue weighted by Gasteiger charge is -2.30. The third-order valence-corrected chi connectivity index (χ3v) is 7.51. The van der Waals surface area contributed by atoms with Crippen molar-refractivity contribution < 1.29 is 0 Å². The van der Waals surface area contributed by atoms with Crippen molar-refractivity contribution in [2.75, 3.05) is 6.54 Å². The van der Waals surface area contributed by atoms with Crippen molar-refractivity contribution in [1.29, 1.82) is 0 Å². The SMILES string of the molecule is C[Si](C)(c1ccccc1)C1CCCN1. The van der Waals surface area contributed by atoms with E-state index in [0.29, 0.717) is 0 Å². The molecule has 1 N–H and O–H groups in total. The van der Waals surface area contributed by atoms with Gasteiger partial charge in [0.2, 0.25) is 0 Å². The molecule has 2 heteroatoms. The molecular formula is C12H19NSi. The van der Waals surface area contributed by atoms with Gasteiger partial charge in [-0.15, -0.1) is 0 Å². The second kappa shape index (κ2) is 3.87. The van der Waals surface area contributed by atoms with E-state index in [-0.39, 0.29) is 0 Å². The van der Waals surface area contributed by atoms with Crippen molar-refractivity contribution in [2.24, 2.45) is 0 Å². The Kier molecular flexibility index (Phi) is 2.75. The first-order valence-electron chi connectivity index (χ1n) is 5.50. The number of hydrogen-bond donors (Lipinski definition) is 1. The van der Waals surface area contributed by atoms with Gasteiger partial charge in [-0.05, 0) is 19.4 Å². The Labute approximate surface area is 87.5 Å². The number of hydrogen-bond acceptors (Lipinski definition) is 1. The molecule has 1 aliphatic heterocycles. The lowest BCUT2D eigenvalue weighted by molar-refractivity contribution is 0.768. The number of benzene rings is 1. The van der Waals surface area contributed by atoms with E-state index in [0.717, 1.165) is 5.67 Å². The topological polar surface area (TPSA) is 12.0 Å². The van der Waals surface area contributed by atoms with E-state index in [9.17, 15) is 0 Å². The molecule has 1 aromatic rings. The molecule has 14 heavy (non-hydrogen) atoms. The lowest BCUT2D eigenvalue weighted by atomic mass is 10.4. The highest BCUT2D eigenvalue weighted by Gasteiger charge is 2.34. The summed E-state index contributed by atoms with van der Waals surface area (Å²) in [5.41, 5.74) is 0.782. The smallest absolute Gasteiger partial charge is 0.0983 e. The van der Waals surface area contributed by atoms with E-state index < -0.39 is 8.07 Å². The highest BCUT2D eigenvalue weighted by Crippen LogP contribution is 2.17. The first-order chi connectivity index (χ1) is 6.71. The van der Waals surface area contributed by atoms with E-state index in [1.54, 1.807) is 5.19 Å². The van der Waals surface area contributed by atoms with Crippen LogP contribution in [0.3, 0.4) is 0 Å². The summed E-state index contributed by atoms with van der Waals surface area (Å²) in [5.74, 6) is 0. The van der Waals surface area contributed by atoms with Crippen molar-refractivity contribution in [3.8, 4) is 0 Å². The van der Waals surface area contributed by atoms with Gasteiger partial charge in [0.25, 0.3) is 0 Å². The maximum Gasteiger partial charge on any atom is 0.0983 e. The molecule has 1 aliphatic rings. The van der Waals surface area contributed by atoms with Crippen molar-refractivity contribution >= 4 is 13.3 Å². The largest absolute Gasteiger partial charge is 0.316 e. The monoisotopic (exact) mass is 205 g/mol. The third-order valence-electron chi connectivity index (χ3n) is 3.45. The summed E-state index contributed by atoms with van der Waals surface area (Å²) in [4.78, 5) is 0. The van der Waals surface area contributed by atoms with Gasteiger partial charge in [0.05, 0.1) is 8.07 Å². The fourth-order valence-corrected chi connectivity index (χ4v) is 5.40. The van der Waals surface area contributed by atoms with Crippen molar-refractivity contribution in [3.63, 3.8) is 0 Å².